The maximum atomic E-state index is 10.5. The van der Waals surface area contributed by atoms with Crippen molar-refractivity contribution in [3.63, 3.8) is 0 Å². The van der Waals surface area contributed by atoms with E-state index in [2.05, 4.69) is 5.32 Å². The Balaban J connectivity index is 2.79. The molecule has 0 saturated heterocycles. The molecule has 0 heterocycles. The Labute approximate surface area is 70.4 Å². The highest BCUT2D eigenvalue weighted by Gasteiger charge is 2.06. The average Bonchev–Trinajstić information content (AvgIpc) is 2.15. The number of carbonyl (C=O) groups is 2. The first-order valence-electron chi connectivity index (χ1n) is 3.58. The predicted octanol–water partition coefficient (Wildman–Crippen LogP) is 0.673. The zero-order valence-corrected chi connectivity index (χ0v) is 6.44. The van der Waals surface area contributed by atoms with Crippen molar-refractivity contribution >= 4 is 12.7 Å². The molecule has 0 unspecified atom stereocenters. The topological polar surface area (TPSA) is 46.2 Å². The number of amides is 1. The standard InChI is InChI=1S/C9H9NO2/c11-6-9(10-7-12)8-4-2-1-3-5-8/h1-7,9H,(H,10,12)/t9-/m0/s1. The maximum absolute atomic E-state index is 10.5. The van der Waals surface area contributed by atoms with Crippen LogP contribution >= 0.6 is 0 Å². The van der Waals surface area contributed by atoms with Gasteiger partial charge in [0.25, 0.3) is 0 Å². The highest BCUT2D eigenvalue weighted by Crippen LogP contribution is 2.08. The third-order valence-electron chi connectivity index (χ3n) is 1.54. The molecule has 1 aromatic carbocycles. The van der Waals surface area contributed by atoms with Crippen molar-refractivity contribution in [2.24, 2.45) is 0 Å². The van der Waals surface area contributed by atoms with Gasteiger partial charge in [0.05, 0.1) is 0 Å². The monoisotopic (exact) mass is 163 g/mol. The first-order chi connectivity index (χ1) is 5.88. The minimum absolute atomic E-state index is 0.520. The summed E-state index contributed by atoms with van der Waals surface area (Å²) in [6.07, 6.45) is 1.22. The number of nitrogens with one attached hydrogen (secondary N) is 1. The Hall–Kier alpha value is -1.64. The van der Waals surface area contributed by atoms with Crippen LogP contribution in [-0.4, -0.2) is 12.7 Å². The van der Waals surface area contributed by atoms with Crippen molar-refractivity contribution in [1.29, 1.82) is 0 Å². The summed E-state index contributed by atoms with van der Waals surface area (Å²) in [4.78, 5) is 20.6. The lowest BCUT2D eigenvalue weighted by molar-refractivity contribution is -0.115. The van der Waals surface area contributed by atoms with Gasteiger partial charge in [-0.2, -0.15) is 0 Å². The molecule has 12 heavy (non-hydrogen) atoms. The van der Waals surface area contributed by atoms with E-state index in [1.807, 2.05) is 18.2 Å². The zero-order chi connectivity index (χ0) is 8.81. The van der Waals surface area contributed by atoms with Crippen LogP contribution in [0.2, 0.25) is 0 Å². The van der Waals surface area contributed by atoms with Crippen LogP contribution in [0.4, 0.5) is 0 Å². The van der Waals surface area contributed by atoms with E-state index in [1.165, 1.54) is 0 Å². The van der Waals surface area contributed by atoms with Gasteiger partial charge in [0, 0.05) is 0 Å². The fourth-order valence-corrected chi connectivity index (χ4v) is 0.948. The van der Waals surface area contributed by atoms with Gasteiger partial charge in [0.2, 0.25) is 6.41 Å². The van der Waals surface area contributed by atoms with Crippen LogP contribution in [0.5, 0.6) is 0 Å². The van der Waals surface area contributed by atoms with Gasteiger partial charge in [-0.3, -0.25) is 4.79 Å². The van der Waals surface area contributed by atoms with E-state index < -0.39 is 6.04 Å². The third-order valence-corrected chi connectivity index (χ3v) is 1.54. The van der Waals surface area contributed by atoms with E-state index in [-0.39, 0.29) is 0 Å². The van der Waals surface area contributed by atoms with Gasteiger partial charge in [-0.25, -0.2) is 0 Å². The number of carbonyl (C=O) groups excluding carboxylic acids is 2. The second-order valence-corrected chi connectivity index (χ2v) is 2.31. The van der Waals surface area contributed by atoms with E-state index in [4.69, 9.17) is 0 Å². The molecule has 1 rings (SSSR count). The van der Waals surface area contributed by atoms with Crippen LogP contribution in [0.15, 0.2) is 30.3 Å². The molecule has 0 radical (unpaired) electrons. The van der Waals surface area contributed by atoms with E-state index in [1.54, 1.807) is 12.1 Å². The molecule has 3 heteroatoms. The van der Waals surface area contributed by atoms with Crippen LogP contribution in [0.25, 0.3) is 0 Å². The Morgan fingerprint density at radius 3 is 2.33 bits per heavy atom. The normalized spacial score (nSPS) is 11.7. The summed E-state index contributed by atoms with van der Waals surface area (Å²) < 4.78 is 0. The molecule has 0 spiro atoms. The fraction of sp³-hybridized carbons (Fsp3) is 0.111. The molecule has 0 aliphatic heterocycles. The van der Waals surface area contributed by atoms with Gasteiger partial charge < -0.3 is 10.1 Å². The molecule has 0 saturated carbocycles. The SMILES string of the molecule is O=CN[C@@H](C=O)c1ccccc1. The van der Waals surface area contributed by atoms with Gasteiger partial charge in [0.1, 0.15) is 12.3 Å². The van der Waals surface area contributed by atoms with Crippen LogP contribution in [0, 0.1) is 0 Å². The first kappa shape index (κ1) is 8.46. The molecule has 0 bridgehead atoms. The number of hydrogen-bond acceptors (Lipinski definition) is 2. The summed E-state index contributed by atoms with van der Waals surface area (Å²) >= 11 is 0. The van der Waals surface area contributed by atoms with Crippen molar-refractivity contribution < 1.29 is 9.59 Å². The first-order valence-corrected chi connectivity index (χ1v) is 3.58. The third kappa shape index (κ3) is 1.92. The van der Waals surface area contributed by atoms with Crippen molar-refractivity contribution in [2.75, 3.05) is 0 Å². The van der Waals surface area contributed by atoms with E-state index in [0.29, 0.717) is 12.7 Å². The summed E-state index contributed by atoms with van der Waals surface area (Å²) in [7, 11) is 0. The van der Waals surface area contributed by atoms with Gasteiger partial charge in [0.15, 0.2) is 0 Å². The molecule has 0 aliphatic carbocycles. The predicted molar refractivity (Wildman–Crippen MR) is 44.4 cm³/mol. The molecule has 0 fully saturated rings. The van der Waals surface area contributed by atoms with Gasteiger partial charge in [-0.15, -0.1) is 0 Å². The minimum Gasteiger partial charge on any atom is -0.345 e. The van der Waals surface area contributed by atoms with Crippen molar-refractivity contribution in [3.8, 4) is 0 Å². The molecule has 3 nitrogen and oxygen atoms in total. The van der Waals surface area contributed by atoms with Crippen LogP contribution in [0.3, 0.4) is 0 Å². The van der Waals surface area contributed by atoms with Crippen LogP contribution in [0.1, 0.15) is 11.6 Å². The molecular formula is C9H9NO2. The molecular weight excluding hydrogens is 154 g/mol. The summed E-state index contributed by atoms with van der Waals surface area (Å²) in [5, 5.41) is 2.40. The van der Waals surface area contributed by atoms with E-state index >= 15 is 0 Å². The molecule has 1 aromatic rings. The van der Waals surface area contributed by atoms with Crippen molar-refractivity contribution in [2.45, 2.75) is 6.04 Å². The van der Waals surface area contributed by atoms with Crippen LogP contribution in [-0.2, 0) is 9.59 Å². The Kier molecular flexibility index (Phi) is 3.02. The highest BCUT2D eigenvalue weighted by molar-refractivity contribution is 5.66. The zero-order valence-electron chi connectivity index (χ0n) is 6.44. The lowest BCUT2D eigenvalue weighted by atomic mass is 10.1. The lowest BCUT2D eigenvalue weighted by Crippen LogP contribution is -2.20. The molecule has 62 valence electrons. The molecule has 1 N–H and O–H groups in total. The Bertz CT molecular complexity index is 258. The number of aldehydes is 1. The Morgan fingerprint density at radius 1 is 1.17 bits per heavy atom. The molecule has 1 amide bonds. The van der Waals surface area contributed by atoms with E-state index in [0.717, 1.165) is 5.56 Å². The average molecular weight is 163 g/mol. The Morgan fingerprint density at radius 2 is 1.83 bits per heavy atom. The number of benzene rings is 1. The lowest BCUT2D eigenvalue weighted by Gasteiger charge is -2.07. The fourth-order valence-electron chi connectivity index (χ4n) is 0.948. The molecule has 0 aromatic heterocycles. The largest absolute Gasteiger partial charge is 0.345 e. The molecule has 1 atom stereocenters. The molecule has 0 aliphatic rings. The second kappa shape index (κ2) is 4.28. The minimum atomic E-state index is -0.524. The van der Waals surface area contributed by atoms with Gasteiger partial charge in [-0.1, -0.05) is 30.3 Å². The smallest absolute Gasteiger partial charge is 0.207 e. The summed E-state index contributed by atoms with van der Waals surface area (Å²) in [6, 6.07) is 8.54. The summed E-state index contributed by atoms with van der Waals surface area (Å²) in [5.74, 6) is 0. The quantitative estimate of drug-likeness (QED) is 0.663. The van der Waals surface area contributed by atoms with Crippen LogP contribution < -0.4 is 5.32 Å². The highest BCUT2D eigenvalue weighted by atomic mass is 16.1. The van der Waals surface area contributed by atoms with Crippen molar-refractivity contribution in [3.05, 3.63) is 35.9 Å². The number of rotatable bonds is 4. The van der Waals surface area contributed by atoms with Gasteiger partial charge >= 0.3 is 0 Å². The van der Waals surface area contributed by atoms with Crippen molar-refractivity contribution in [1.82, 2.24) is 5.32 Å². The number of hydrogen-bond donors (Lipinski definition) is 1. The van der Waals surface area contributed by atoms with E-state index in [9.17, 15) is 9.59 Å². The van der Waals surface area contributed by atoms with Gasteiger partial charge in [-0.05, 0) is 5.56 Å². The maximum Gasteiger partial charge on any atom is 0.207 e. The summed E-state index contributed by atoms with van der Waals surface area (Å²) in [6.45, 7) is 0. The second-order valence-electron chi connectivity index (χ2n) is 2.31. The summed E-state index contributed by atoms with van der Waals surface area (Å²) in [5.41, 5.74) is 0.791.